The highest BCUT2D eigenvalue weighted by molar-refractivity contribution is 7.78. The molecule has 0 unspecified atom stereocenters. The van der Waals surface area contributed by atoms with Gasteiger partial charge in [0.05, 0.1) is 11.7 Å². The molecule has 0 N–H and O–H groups in total. The summed E-state index contributed by atoms with van der Waals surface area (Å²) >= 11 is 4.55. The topological polar surface area (TPSA) is 12.4 Å². The Morgan fingerprint density at radius 1 is 1.31 bits per heavy atom. The van der Waals surface area contributed by atoms with Gasteiger partial charge in [-0.25, -0.2) is 4.99 Å². The fourth-order valence-corrected chi connectivity index (χ4v) is 1.28. The molecule has 13 heavy (non-hydrogen) atoms. The maximum absolute atomic E-state index is 4.55. The van der Waals surface area contributed by atoms with Crippen LogP contribution in [0.4, 0.5) is 0 Å². The summed E-state index contributed by atoms with van der Waals surface area (Å²) in [7, 11) is 0. The summed E-state index contributed by atoms with van der Waals surface area (Å²) < 4.78 is 0. The first-order valence-electron chi connectivity index (χ1n) is 4.26. The lowest BCUT2D eigenvalue weighted by atomic mass is 9.85. The molecule has 0 aliphatic carbocycles. The van der Waals surface area contributed by atoms with E-state index in [2.05, 4.69) is 48.4 Å². The van der Waals surface area contributed by atoms with Crippen molar-refractivity contribution in [1.82, 2.24) is 0 Å². The number of benzene rings is 1. The van der Waals surface area contributed by atoms with E-state index >= 15 is 0 Å². The maximum atomic E-state index is 4.55. The van der Waals surface area contributed by atoms with Gasteiger partial charge in [0.25, 0.3) is 0 Å². The molecule has 1 rings (SSSR count). The van der Waals surface area contributed by atoms with E-state index in [1.54, 1.807) is 0 Å². The van der Waals surface area contributed by atoms with Crippen molar-refractivity contribution >= 4 is 17.4 Å². The number of aliphatic imine (C=N–C) groups is 1. The molecule has 2 heteroatoms. The van der Waals surface area contributed by atoms with Gasteiger partial charge in [0.1, 0.15) is 0 Å². The Labute approximate surface area is 84.5 Å². The first-order chi connectivity index (χ1) is 6.17. The standard InChI is InChI=1S/C11H13NS/c1-11(2,8-12-9-13)10-6-4-3-5-7-10/h3-7H,8H2,1-2H3. The summed E-state index contributed by atoms with van der Waals surface area (Å²) in [5.74, 6) is 0. The fraction of sp³-hybridized carbons (Fsp3) is 0.364. The molecule has 1 aromatic rings. The summed E-state index contributed by atoms with van der Waals surface area (Å²) in [6.45, 7) is 5.00. The van der Waals surface area contributed by atoms with Crippen molar-refractivity contribution in [1.29, 1.82) is 0 Å². The second-order valence-corrected chi connectivity index (χ2v) is 3.84. The Bertz CT molecular complexity index is 310. The molecule has 0 saturated heterocycles. The number of rotatable bonds is 3. The third-order valence-electron chi connectivity index (χ3n) is 2.09. The predicted octanol–water partition coefficient (Wildman–Crippen LogP) is 3.07. The molecule has 0 spiro atoms. The van der Waals surface area contributed by atoms with Crippen molar-refractivity contribution in [3.8, 4) is 0 Å². The second-order valence-electron chi connectivity index (χ2n) is 3.66. The monoisotopic (exact) mass is 191 g/mol. The summed E-state index contributed by atoms with van der Waals surface area (Å²) in [6.07, 6.45) is 0. The van der Waals surface area contributed by atoms with Crippen LogP contribution in [0.2, 0.25) is 0 Å². The number of hydrogen-bond acceptors (Lipinski definition) is 2. The first kappa shape index (κ1) is 10.1. The molecule has 68 valence electrons. The van der Waals surface area contributed by atoms with Crippen molar-refractivity contribution in [3.05, 3.63) is 35.9 Å². The number of isothiocyanates is 1. The van der Waals surface area contributed by atoms with Gasteiger partial charge in [-0.3, -0.25) is 0 Å². The van der Waals surface area contributed by atoms with E-state index in [0.717, 1.165) is 0 Å². The highest BCUT2D eigenvalue weighted by atomic mass is 32.1. The van der Waals surface area contributed by atoms with E-state index in [1.807, 2.05) is 18.2 Å². The van der Waals surface area contributed by atoms with Crippen molar-refractivity contribution in [2.45, 2.75) is 19.3 Å². The molecular formula is C11H13NS. The zero-order chi connectivity index (χ0) is 9.73. The normalized spacial score (nSPS) is 10.6. The Morgan fingerprint density at radius 3 is 2.46 bits per heavy atom. The van der Waals surface area contributed by atoms with Gasteiger partial charge in [0, 0.05) is 5.41 Å². The van der Waals surface area contributed by atoms with Gasteiger partial charge >= 0.3 is 0 Å². The highest BCUT2D eigenvalue weighted by Gasteiger charge is 2.18. The van der Waals surface area contributed by atoms with Gasteiger partial charge in [-0.15, -0.1) is 0 Å². The molecule has 0 heterocycles. The van der Waals surface area contributed by atoms with Crippen molar-refractivity contribution in [3.63, 3.8) is 0 Å². The van der Waals surface area contributed by atoms with Gasteiger partial charge in [0.15, 0.2) is 0 Å². The van der Waals surface area contributed by atoms with Crippen LogP contribution >= 0.6 is 12.2 Å². The highest BCUT2D eigenvalue weighted by Crippen LogP contribution is 2.22. The number of nitrogens with zero attached hydrogens (tertiary/aromatic N) is 1. The molecule has 0 aromatic heterocycles. The van der Waals surface area contributed by atoms with E-state index in [9.17, 15) is 0 Å². The van der Waals surface area contributed by atoms with Crippen LogP contribution < -0.4 is 0 Å². The van der Waals surface area contributed by atoms with E-state index in [4.69, 9.17) is 0 Å². The average Bonchev–Trinajstić information content (AvgIpc) is 2.16. The van der Waals surface area contributed by atoms with Crippen LogP contribution in [0.15, 0.2) is 35.3 Å². The second kappa shape index (κ2) is 4.31. The van der Waals surface area contributed by atoms with Crippen LogP contribution in [0.5, 0.6) is 0 Å². The fourth-order valence-electron chi connectivity index (χ4n) is 1.21. The third-order valence-corrected chi connectivity index (χ3v) is 2.22. The minimum Gasteiger partial charge on any atom is -0.232 e. The van der Waals surface area contributed by atoms with Gasteiger partial charge in [-0.1, -0.05) is 44.2 Å². The number of thiocarbonyl (C=S) groups is 1. The zero-order valence-electron chi connectivity index (χ0n) is 7.95. The Kier molecular flexibility index (Phi) is 3.35. The van der Waals surface area contributed by atoms with Crippen LogP contribution in [-0.2, 0) is 5.41 Å². The molecule has 0 fully saturated rings. The predicted molar refractivity (Wildman–Crippen MR) is 59.4 cm³/mol. The molecule has 0 amide bonds. The SMILES string of the molecule is CC(C)(CN=C=S)c1ccccc1. The zero-order valence-corrected chi connectivity index (χ0v) is 8.77. The van der Waals surface area contributed by atoms with Crippen LogP contribution in [-0.4, -0.2) is 11.7 Å². The summed E-state index contributed by atoms with van der Waals surface area (Å²) in [4.78, 5) is 3.98. The lowest BCUT2D eigenvalue weighted by Crippen LogP contribution is -2.20. The van der Waals surface area contributed by atoms with Crippen LogP contribution in [0.25, 0.3) is 0 Å². The molecule has 0 aliphatic rings. The van der Waals surface area contributed by atoms with Crippen LogP contribution in [0.3, 0.4) is 0 Å². The molecule has 0 aliphatic heterocycles. The molecule has 0 atom stereocenters. The molecule has 0 bridgehead atoms. The molecule has 1 nitrogen and oxygen atoms in total. The van der Waals surface area contributed by atoms with Gasteiger partial charge in [-0.05, 0) is 17.8 Å². The first-order valence-corrected chi connectivity index (χ1v) is 4.67. The van der Waals surface area contributed by atoms with E-state index in [-0.39, 0.29) is 5.41 Å². The molecule has 0 saturated carbocycles. The summed E-state index contributed by atoms with van der Waals surface area (Å²) in [5, 5.41) is 2.40. The largest absolute Gasteiger partial charge is 0.232 e. The molecular weight excluding hydrogens is 178 g/mol. The number of hydrogen-bond donors (Lipinski definition) is 0. The average molecular weight is 191 g/mol. The summed E-state index contributed by atoms with van der Waals surface area (Å²) in [5.41, 5.74) is 1.33. The molecule has 1 aromatic carbocycles. The smallest absolute Gasteiger partial charge is 0.0585 e. The Hall–Kier alpha value is -0.980. The maximum Gasteiger partial charge on any atom is 0.0585 e. The molecule has 0 radical (unpaired) electrons. The third kappa shape index (κ3) is 2.76. The quantitative estimate of drug-likeness (QED) is 0.528. The van der Waals surface area contributed by atoms with Crippen molar-refractivity contribution < 1.29 is 0 Å². The van der Waals surface area contributed by atoms with Crippen LogP contribution in [0, 0.1) is 0 Å². The summed E-state index contributed by atoms with van der Waals surface area (Å²) in [6, 6.07) is 10.3. The van der Waals surface area contributed by atoms with Crippen LogP contribution in [0.1, 0.15) is 19.4 Å². The van der Waals surface area contributed by atoms with E-state index < -0.39 is 0 Å². The minimum atomic E-state index is 0.0487. The lowest BCUT2D eigenvalue weighted by molar-refractivity contribution is 0.542. The van der Waals surface area contributed by atoms with E-state index in [1.165, 1.54) is 5.56 Å². The van der Waals surface area contributed by atoms with E-state index in [0.29, 0.717) is 6.54 Å². The van der Waals surface area contributed by atoms with Gasteiger partial charge in [-0.2, -0.15) is 0 Å². The lowest BCUT2D eigenvalue weighted by Gasteiger charge is -2.21. The minimum absolute atomic E-state index is 0.0487. The van der Waals surface area contributed by atoms with Gasteiger partial charge < -0.3 is 0 Å². The van der Waals surface area contributed by atoms with Crippen molar-refractivity contribution in [2.24, 2.45) is 4.99 Å². The Morgan fingerprint density at radius 2 is 1.92 bits per heavy atom. The van der Waals surface area contributed by atoms with Crippen molar-refractivity contribution in [2.75, 3.05) is 6.54 Å². The van der Waals surface area contributed by atoms with Gasteiger partial charge in [0.2, 0.25) is 0 Å². The Balaban J connectivity index is 2.87.